The van der Waals surface area contributed by atoms with Gasteiger partial charge in [0.25, 0.3) is 0 Å². The van der Waals surface area contributed by atoms with Crippen LogP contribution in [0.3, 0.4) is 0 Å². The zero-order chi connectivity index (χ0) is 12.3. The molecule has 2 rings (SSSR count). The summed E-state index contributed by atoms with van der Waals surface area (Å²) in [6.07, 6.45) is 7.10. The smallest absolute Gasteiger partial charge is 0.224 e. The van der Waals surface area contributed by atoms with Gasteiger partial charge >= 0.3 is 0 Å². The van der Waals surface area contributed by atoms with Crippen LogP contribution in [0.15, 0.2) is 24.3 Å². The summed E-state index contributed by atoms with van der Waals surface area (Å²) in [5.41, 5.74) is 6.15. The Labute approximate surface area is 107 Å². The molecule has 2 nitrogen and oxygen atoms in total. The van der Waals surface area contributed by atoms with Crippen LogP contribution in [0, 0.1) is 11.8 Å². The number of halogens is 1. The van der Waals surface area contributed by atoms with Gasteiger partial charge in [0.2, 0.25) is 5.91 Å². The van der Waals surface area contributed by atoms with E-state index < -0.39 is 5.41 Å². The first-order chi connectivity index (χ1) is 8.12. The maximum absolute atomic E-state index is 11.7. The van der Waals surface area contributed by atoms with E-state index in [2.05, 4.69) is 0 Å². The molecule has 1 saturated carbocycles. The number of nitrogens with two attached hydrogens (primary N) is 1. The molecule has 0 saturated heterocycles. The van der Waals surface area contributed by atoms with Gasteiger partial charge in [-0.2, -0.15) is 0 Å². The Hall–Kier alpha value is -1.02. The fourth-order valence-corrected chi connectivity index (χ4v) is 2.65. The van der Waals surface area contributed by atoms with E-state index in [1.807, 2.05) is 30.7 Å². The maximum Gasteiger partial charge on any atom is 0.224 e. The molecule has 0 heterocycles. The van der Waals surface area contributed by atoms with Crippen molar-refractivity contribution in [2.75, 3.05) is 0 Å². The summed E-state index contributed by atoms with van der Waals surface area (Å²) in [5.74, 6) is -0.202. The van der Waals surface area contributed by atoms with E-state index in [0.29, 0.717) is 5.02 Å². The molecule has 17 heavy (non-hydrogen) atoms. The second kappa shape index (κ2) is 5.09. The van der Waals surface area contributed by atoms with E-state index in [4.69, 9.17) is 17.3 Å². The Kier molecular flexibility index (Phi) is 3.72. The molecular weight excluding hydrogens is 234 g/mol. The van der Waals surface area contributed by atoms with Crippen LogP contribution in [-0.4, -0.2) is 5.91 Å². The van der Waals surface area contributed by atoms with Crippen LogP contribution in [0.25, 0.3) is 0 Å². The molecule has 91 valence electrons. The molecule has 1 aromatic rings. The Morgan fingerprint density at radius 2 is 1.76 bits per heavy atom. The number of benzene rings is 1. The first-order valence-corrected chi connectivity index (χ1v) is 6.42. The van der Waals surface area contributed by atoms with Gasteiger partial charge in [-0.3, -0.25) is 4.79 Å². The van der Waals surface area contributed by atoms with Crippen LogP contribution >= 0.6 is 11.6 Å². The third kappa shape index (κ3) is 2.81. The van der Waals surface area contributed by atoms with E-state index in [0.717, 1.165) is 31.2 Å². The van der Waals surface area contributed by atoms with Crippen molar-refractivity contribution in [3.63, 3.8) is 0 Å². The van der Waals surface area contributed by atoms with Gasteiger partial charge in [0, 0.05) is 11.4 Å². The average Bonchev–Trinajstić information content (AvgIpc) is 2.33. The van der Waals surface area contributed by atoms with E-state index in [-0.39, 0.29) is 5.91 Å². The van der Waals surface area contributed by atoms with Gasteiger partial charge in [-0.05, 0) is 30.5 Å². The number of rotatable bonds is 3. The van der Waals surface area contributed by atoms with Gasteiger partial charge < -0.3 is 5.73 Å². The molecule has 0 atom stereocenters. The number of carbonyl (C=O) groups is 1. The predicted octanol–water partition coefficient (Wildman–Crippen LogP) is 3.33. The number of hydrogen-bond donors (Lipinski definition) is 1. The number of primary amides is 1. The van der Waals surface area contributed by atoms with Crippen LogP contribution in [0.1, 0.15) is 37.7 Å². The Balaban J connectivity index is 2.17. The maximum atomic E-state index is 11.7. The first kappa shape index (κ1) is 12.4. The van der Waals surface area contributed by atoms with Crippen molar-refractivity contribution in [3.8, 4) is 0 Å². The van der Waals surface area contributed by atoms with E-state index in [1.165, 1.54) is 6.42 Å². The van der Waals surface area contributed by atoms with Gasteiger partial charge in [-0.15, -0.1) is 0 Å². The predicted molar refractivity (Wildman–Crippen MR) is 69.6 cm³/mol. The third-order valence-corrected chi connectivity index (χ3v) is 3.80. The molecule has 0 aromatic heterocycles. The third-order valence-electron chi connectivity index (χ3n) is 3.55. The van der Waals surface area contributed by atoms with Gasteiger partial charge in [0.05, 0.1) is 5.41 Å². The molecule has 0 spiro atoms. The van der Waals surface area contributed by atoms with Crippen LogP contribution in [0.5, 0.6) is 0 Å². The SMILES string of the molecule is NC(=O)C1([CH]c2ccc(Cl)cc2)CCCCC1. The van der Waals surface area contributed by atoms with Gasteiger partial charge in [-0.1, -0.05) is 43.0 Å². The second-order valence-electron chi connectivity index (χ2n) is 4.78. The number of amides is 1. The number of hydrogen-bond acceptors (Lipinski definition) is 1. The molecule has 1 radical (unpaired) electrons. The lowest BCUT2D eigenvalue weighted by atomic mass is 9.70. The van der Waals surface area contributed by atoms with Gasteiger partial charge in [0.1, 0.15) is 0 Å². The standard InChI is InChI=1S/C14H17ClNO/c15-12-6-4-11(5-7-12)10-14(13(16)17)8-2-1-3-9-14/h4-7,10H,1-3,8-9H2,(H2,16,17). The summed E-state index contributed by atoms with van der Waals surface area (Å²) >= 11 is 5.85. The van der Waals surface area contributed by atoms with Crippen LogP contribution in [0.2, 0.25) is 5.02 Å². The molecule has 1 aromatic carbocycles. The lowest BCUT2D eigenvalue weighted by Crippen LogP contribution is -2.39. The summed E-state index contributed by atoms with van der Waals surface area (Å²) in [6, 6.07) is 7.54. The zero-order valence-corrected chi connectivity index (χ0v) is 10.5. The minimum absolute atomic E-state index is 0.202. The molecule has 1 amide bonds. The minimum atomic E-state index is -0.452. The lowest BCUT2D eigenvalue weighted by Gasteiger charge is -2.34. The summed E-state index contributed by atoms with van der Waals surface area (Å²) in [4.78, 5) is 11.7. The highest BCUT2D eigenvalue weighted by Crippen LogP contribution is 2.40. The Bertz CT molecular complexity index is 393. The number of carbonyl (C=O) groups excluding carboxylic acids is 1. The zero-order valence-electron chi connectivity index (χ0n) is 9.79. The van der Waals surface area contributed by atoms with Gasteiger partial charge in [0.15, 0.2) is 0 Å². The van der Waals surface area contributed by atoms with Gasteiger partial charge in [-0.25, -0.2) is 0 Å². The molecule has 1 aliphatic carbocycles. The molecular formula is C14H17ClNO. The van der Waals surface area contributed by atoms with E-state index in [1.54, 1.807) is 0 Å². The lowest BCUT2D eigenvalue weighted by molar-refractivity contribution is -0.127. The highest BCUT2D eigenvalue weighted by molar-refractivity contribution is 6.30. The molecule has 1 aliphatic rings. The fraction of sp³-hybridized carbons (Fsp3) is 0.429. The molecule has 1 fully saturated rings. The second-order valence-corrected chi connectivity index (χ2v) is 5.21. The van der Waals surface area contributed by atoms with Crippen molar-refractivity contribution in [1.82, 2.24) is 0 Å². The van der Waals surface area contributed by atoms with E-state index >= 15 is 0 Å². The summed E-state index contributed by atoms with van der Waals surface area (Å²) in [6.45, 7) is 0. The van der Waals surface area contributed by atoms with Crippen molar-refractivity contribution >= 4 is 17.5 Å². The first-order valence-electron chi connectivity index (χ1n) is 6.04. The largest absolute Gasteiger partial charge is 0.369 e. The summed E-state index contributed by atoms with van der Waals surface area (Å²) < 4.78 is 0. The molecule has 0 unspecified atom stereocenters. The summed E-state index contributed by atoms with van der Waals surface area (Å²) in [7, 11) is 0. The normalized spacial score (nSPS) is 18.9. The quantitative estimate of drug-likeness (QED) is 0.879. The van der Waals surface area contributed by atoms with Crippen molar-refractivity contribution in [1.29, 1.82) is 0 Å². The van der Waals surface area contributed by atoms with Crippen molar-refractivity contribution in [3.05, 3.63) is 41.3 Å². The highest BCUT2D eigenvalue weighted by atomic mass is 35.5. The van der Waals surface area contributed by atoms with E-state index in [9.17, 15) is 4.79 Å². The average molecular weight is 251 g/mol. The molecule has 0 aliphatic heterocycles. The summed E-state index contributed by atoms with van der Waals surface area (Å²) in [5, 5.41) is 0.707. The fourth-order valence-electron chi connectivity index (χ4n) is 2.52. The topological polar surface area (TPSA) is 43.1 Å². The van der Waals surface area contributed by atoms with Crippen LogP contribution in [0.4, 0.5) is 0 Å². The monoisotopic (exact) mass is 250 g/mol. The Morgan fingerprint density at radius 3 is 2.29 bits per heavy atom. The van der Waals surface area contributed by atoms with Crippen LogP contribution < -0.4 is 5.73 Å². The Morgan fingerprint density at radius 1 is 1.18 bits per heavy atom. The minimum Gasteiger partial charge on any atom is -0.369 e. The molecule has 0 bridgehead atoms. The highest BCUT2D eigenvalue weighted by Gasteiger charge is 2.37. The van der Waals surface area contributed by atoms with Crippen molar-refractivity contribution in [2.24, 2.45) is 11.1 Å². The molecule has 3 heteroatoms. The van der Waals surface area contributed by atoms with Crippen LogP contribution in [-0.2, 0) is 4.79 Å². The molecule has 2 N–H and O–H groups in total. The van der Waals surface area contributed by atoms with Crippen molar-refractivity contribution < 1.29 is 4.79 Å². The van der Waals surface area contributed by atoms with Crippen molar-refractivity contribution in [2.45, 2.75) is 32.1 Å².